The van der Waals surface area contributed by atoms with Crippen molar-refractivity contribution in [2.45, 2.75) is 51.2 Å². The highest BCUT2D eigenvalue weighted by Gasteiger charge is 2.40. The van der Waals surface area contributed by atoms with Crippen LogP contribution in [0.1, 0.15) is 43.2 Å². The molecule has 1 N–H and O–H groups in total. The van der Waals surface area contributed by atoms with E-state index in [1.54, 1.807) is 24.3 Å². The van der Waals surface area contributed by atoms with Gasteiger partial charge in [-0.05, 0) is 60.2 Å². The Labute approximate surface area is 174 Å². The zero-order valence-electron chi connectivity index (χ0n) is 16.7. The predicted octanol–water partition coefficient (Wildman–Crippen LogP) is 4.25. The molecular weight excluding hydrogens is 386 g/mol. The lowest BCUT2D eigenvalue weighted by atomic mass is 9.88. The van der Waals surface area contributed by atoms with Crippen LogP contribution in [0, 0.1) is 11.6 Å². The number of hydrogen-bond acceptors (Lipinski definition) is 2. The summed E-state index contributed by atoms with van der Waals surface area (Å²) in [5, 5.41) is 2.79. The van der Waals surface area contributed by atoms with Crippen LogP contribution in [0.2, 0.25) is 0 Å². The average molecular weight is 410 g/mol. The van der Waals surface area contributed by atoms with Gasteiger partial charge in [0.1, 0.15) is 11.6 Å². The molecule has 4 nitrogen and oxygen atoms in total. The number of benzene rings is 2. The van der Waals surface area contributed by atoms with Crippen LogP contribution in [0.3, 0.4) is 0 Å². The number of halogens is 2. The summed E-state index contributed by atoms with van der Waals surface area (Å²) in [7, 11) is 0. The number of fused-ring (bicyclic) bond motifs is 1. The van der Waals surface area contributed by atoms with Crippen molar-refractivity contribution in [3.05, 3.63) is 82.4 Å². The number of amides is 2. The van der Waals surface area contributed by atoms with Crippen molar-refractivity contribution in [1.29, 1.82) is 0 Å². The van der Waals surface area contributed by atoms with E-state index in [9.17, 15) is 18.4 Å². The highest BCUT2D eigenvalue weighted by molar-refractivity contribution is 6.02. The predicted molar refractivity (Wildman–Crippen MR) is 109 cm³/mol. The average Bonchev–Trinajstić information content (AvgIpc) is 3.00. The number of nitrogens with zero attached hydrogens (tertiary/aromatic N) is 1. The number of carbonyl (C=O) groups excluding carboxylic acids is 2. The van der Waals surface area contributed by atoms with Crippen molar-refractivity contribution in [2.24, 2.45) is 0 Å². The minimum absolute atomic E-state index is 0.0160. The third-order valence-corrected chi connectivity index (χ3v) is 5.84. The Bertz CT molecular complexity index is 985. The summed E-state index contributed by atoms with van der Waals surface area (Å²) in [6.45, 7) is 0.623. The maximum absolute atomic E-state index is 13.3. The Kier molecular flexibility index (Phi) is 5.93. The molecule has 0 aromatic heterocycles. The normalized spacial score (nSPS) is 18.5. The smallest absolute Gasteiger partial charge is 0.251 e. The van der Waals surface area contributed by atoms with E-state index < -0.39 is 0 Å². The van der Waals surface area contributed by atoms with Gasteiger partial charge in [0, 0.05) is 18.7 Å². The second-order valence-corrected chi connectivity index (χ2v) is 7.91. The highest BCUT2D eigenvalue weighted by Crippen LogP contribution is 2.38. The molecule has 1 saturated carbocycles. The third kappa shape index (κ3) is 4.42. The van der Waals surface area contributed by atoms with Gasteiger partial charge >= 0.3 is 0 Å². The van der Waals surface area contributed by atoms with Crippen molar-refractivity contribution in [1.82, 2.24) is 10.2 Å². The molecule has 156 valence electrons. The fourth-order valence-electron chi connectivity index (χ4n) is 4.37. The lowest BCUT2D eigenvalue weighted by molar-refractivity contribution is -0.129. The molecule has 2 amide bonds. The summed E-state index contributed by atoms with van der Waals surface area (Å²) in [4.78, 5) is 27.5. The van der Waals surface area contributed by atoms with E-state index in [1.165, 1.54) is 24.3 Å². The molecule has 6 heteroatoms. The van der Waals surface area contributed by atoms with Gasteiger partial charge in [-0.25, -0.2) is 8.78 Å². The zero-order chi connectivity index (χ0) is 21.1. The highest BCUT2D eigenvalue weighted by atomic mass is 19.1. The molecule has 0 saturated heterocycles. The first-order chi connectivity index (χ1) is 14.5. The Balaban J connectivity index is 1.45. The van der Waals surface area contributed by atoms with Gasteiger partial charge in [-0.15, -0.1) is 0 Å². The second kappa shape index (κ2) is 8.78. The van der Waals surface area contributed by atoms with Crippen LogP contribution < -0.4 is 5.32 Å². The van der Waals surface area contributed by atoms with Crippen molar-refractivity contribution < 1.29 is 18.4 Å². The van der Waals surface area contributed by atoms with Crippen molar-refractivity contribution in [2.75, 3.05) is 0 Å². The van der Waals surface area contributed by atoms with E-state index in [2.05, 4.69) is 5.32 Å². The van der Waals surface area contributed by atoms with Crippen LogP contribution >= 0.6 is 0 Å². The van der Waals surface area contributed by atoms with E-state index in [0.29, 0.717) is 17.7 Å². The zero-order valence-corrected chi connectivity index (χ0v) is 16.7. The maximum Gasteiger partial charge on any atom is 0.251 e. The van der Waals surface area contributed by atoms with Crippen LogP contribution in [0.25, 0.3) is 0 Å². The van der Waals surface area contributed by atoms with Gasteiger partial charge in [0.15, 0.2) is 0 Å². The van der Waals surface area contributed by atoms with Gasteiger partial charge < -0.3 is 10.2 Å². The fraction of sp³-hybridized carbons (Fsp3) is 0.333. The van der Waals surface area contributed by atoms with Gasteiger partial charge in [-0.3, -0.25) is 9.59 Å². The summed E-state index contributed by atoms with van der Waals surface area (Å²) in [5.74, 6) is -1.01. The first kappa shape index (κ1) is 20.3. The van der Waals surface area contributed by atoms with Gasteiger partial charge in [0.05, 0.1) is 12.5 Å². The monoisotopic (exact) mass is 410 g/mol. The first-order valence-electron chi connectivity index (χ1n) is 10.3. The summed E-state index contributed by atoms with van der Waals surface area (Å²) in [5.41, 5.74) is 3.19. The molecule has 2 aromatic carbocycles. The van der Waals surface area contributed by atoms with Gasteiger partial charge in [-0.1, -0.05) is 30.7 Å². The van der Waals surface area contributed by atoms with Crippen LogP contribution in [-0.2, 0) is 22.7 Å². The van der Waals surface area contributed by atoms with Gasteiger partial charge in [-0.2, -0.15) is 0 Å². The molecule has 2 aromatic rings. The fourth-order valence-corrected chi connectivity index (χ4v) is 4.37. The SMILES string of the molecule is O=C(CC1=C2CCCCC2N(Cc2ccc(F)cc2)C1=O)NCc1cccc(F)c1. The molecule has 1 aliphatic heterocycles. The van der Waals surface area contributed by atoms with Crippen LogP contribution in [0.4, 0.5) is 8.78 Å². The lowest BCUT2D eigenvalue weighted by Gasteiger charge is -2.30. The molecule has 1 unspecified atom stereocenters. The Hall–Kier alpha value is -3.02. The van der Waals surface area contributed by atoms with E-state index in [4.69, 9.17) is 0 Å². The molecule has 0 spiro atoms. The van der Waals surface area contributed by atoms with E-state index in [-0.39, 0.29) is 42.5 Å². The summed E-state index contributed by atoms with van der Waals surface area (Å²) in [6.07, 6.45) is 3.79. The topological polar surface area (TPSA) is 49.4 Å². The Morgan fingerprint density at radius 1 is 1.03 bits per heavy atom. The van der Waals surface area contributed by atoms with Crippen LogP contribution in [0.5, 0.6) is 0 Å². The first-order valence-corrected chi connectivity index (χ1v) is 10.3. The van der Waals surface area contributed by atoms with E-state index >= 15 is 0 Å². The molecular formula is C24H24F2N2O2. The molecule has 2 aliphatic rings. The largest absolute Gasteiger partial charge is 0.352 e. The third-order valence-electron chi connectivity index (χ3n) is 5.84. The molecule has 1 heterocycles. The van der Waals surface area contributed by atoms with E-state index in [1.807, 2.05) is 4.90 Å². The quantitative estimate of drug-likeness (QED) is 0.774. The molecule has 0 bridgehead atoms. The van der Waals surface area contributed by atoms with Crippen molar-refractivity contribution in [3.8, 4) is 0 Å². The number of rotatable bonds is 6. The molecule has 4 rings (SSSR count). The van der Waals surface area contributed by atoms with Gasteiger partial charge in [0.25, 0.3) is 5.91 Å². The molecule has 1 fully saturated rings. The maximum atomic E-state index is 13.3. The second-order valence-electron chi connectivity index (χ2n) is 7.91. The summed E-state index contributed by atoms with van der Waals surface area (Å²) >= 11 is 0. The minimum Gasteiger partial charge on any atom is -0.352 e. The number of carbonyl (C=O) groups is 2. The lowest BCUT2D eigenvalue weighted by Crippen LogP contribution is -2.36. The minimum atomic E-state index is -0.348. The number of nitrogens with one attached hydrogen (secondary N) is 1. The number of hydrogen-bond donors (Lipinski definition) is 1. The van der Waals surface area contributed by atoms with Gasteiger partial charge in [0.2, 0.25) is 5.91 Å². The molecule has 1 aliphatic carbocycles. The molecule has 1 atom stereocenters. The van der Waals surface area contributed by atoms with Crippen LogP contribution in [0.15, 0.2) is 59.7 Å². The summed E-state index contributed by atoms with van der Waals surface area (Å²) in [6, 6.07) is 12.3. The van der Waals surface area contributed by atoms with Crippen molar-refractivity contribution in [3.63, 3.8) is 0 Å². The molecule has 30 heavy (non-hydrogen) atoms. The summed E-state index contributed by atoms with van der Waals surface area (Å²) < 4.78 is 26.5. The molecule has 0 radical (unpaired) electrons. The van der Waals surface area contributed by atoms with E-state index in [0.717, 1.165) is 36.8 Å². The van der Waals surface area contributed by atoms with Crippen LogP contribution in [-0.4, -0.2) is 22.8 Å². The standard InChI is InChI=1S/C24H24F2N2O2/c25-18-10-8-16(9-11-18)15-28-22-7-2-1-6-20(22)21(24(28)30)13-23(29)27-14-17-4-3-5-19(26)12-17/h3-5,8-12,22H,1-2,6-7,13-15H2,(H,27,29). The van der Waals surface area contributed by atoms with Crippen molar-refractivity contribution >= 4 is 11.8 Å². The Morgan fingerprint density at radius 3 is 2.60 bits per heavy atom. The Morgan fingerprint density at radius 2 is 1.83 bits per heavy atom.